The topological polar surface area (TPSA) is 97.4 Å². The quantitative estimate of drug-likeness (QED) is 0.620. The van der Waals surface area contributed by atoms with E-state index in [2.05, 4.69) is 25.2 Å². The third kappa shape index (κ3) is 5.60. The molecular weight excluding hydrogens is 498 g/mol. The van der Waals surface area contributed by atoms with Gasteiger partial charge in [0.15, 0.2) is 0 Å². The van der Waals surface area contributed by atoms with E-state index in [1.807, 2.05) is 23.1 Å². The van der Waals surface area contributed by atoms with Crippen LogP contribution >= 0.6 is 0 Å². The number of amides is 3. The molecule has 0 unspecified atom stereocenters. The summed E-state index contributed by atoms with van der Waals surface area (Å²) in [6.07, 6.45) is 2.55. The van der Waals surface area contributed by atoms with Crippen LogP contribution in [0.25, 0.3) is 0 Å². The maximum absolute atomic E-state index is 13.8. The number of rotatable bonds is 3. The number of fused-ring (bicyclic) bond motifs is 4. The Morgan fingerprint density at radius 3 is 2.62 bits per heavy atom. The van der Waals surface area contributed by atoms with Gasteiger partial charge < -0.3 is 29.3 Å². The Hall–Kier alpha value is -2.81. The molecule has 0 radical (unpaired) electrons. The Morgan fingerprint density at radius 1 is 1.13 bits per heavy atom. The number of alkyl carbamates (subject to hydrolysis) is 1. The summed E-state index contributed by atoms with van der Waals surface area (Å²) >= 11 is 0. The zero-order chi connectivity index (χ0) is 28.1. The molecule has 3 saturated heterocycles. The van der Waals surface area contributed by atoms with Gasteiger partial charge in [0.05, 0.1) is 12.2 Å². The van der Waals surface area contributed by atoms with E-state index in [1.165, 1.54) is 0 Å². The molecule has 6 atom stereocenters. The summed E-state index contributed by atoms with van der Waals surface area (Å²) in [4.78, 5) is 42.8. The van der Waals surface area contributed by atoms with E-state index in [0.29, 0.717) is 26.1 Å². The predicted octanol–water partition coefficient (Wildman–Crippen LogP) is 4.06. The minimum absolute atomic E-state index is 0.00427. The molecule has 1 aromatic rings. The van der Waals surface area contributed by atoms with Crippen molar-refractivity contribution in [2.45, 2.75) is 103 Å². The molecule has 39 heavy (non-hydrogen) atoms. The van der Waals surface area contributed by atoms with Crippen LogP contribution in [0, 0.1) is 11.8 Å². The molecule has 0 aliphatic carbocycles. The number of nitrogens with zero attached hydrogens (tertiary/aromatic N) is 2. The third-order valence-corrected chi connectivity index (χ3v) is 8.64. The third-order valence-electron chi connectivity index (χ3n) is 8.64. The van der Waals surface area contributed by atoms with E-state index in [0.717, 1.165) is 30.6 Å². The lowest BCUT2D eigenvalue weighted by Gasteiger charge is -2.53. The van der Waals surface area contributed by atoms with Gasteiger partial charge in [-0.05, 0) is 73.3 Å². The van der Waals surface area contributed by atoms with Crippen LogP contribution < -0.4 is 10.1 Å². The smallest absolute Gasteiger partial charge is 0.408 e. The standard InChI is InChI=1S/C30H43N3O6/c1-18(31-28(36)39-29(2,3)4)26(34)33-14-9-11-22(33)27(35)32-15-13-23-19(17-32)16-21-25(37-23)20-10-7-8-12-24(20)38-30(21,5)6/h7-8,10,12,18-19,21-23,25H,9,11,13-17H2,1-6H3,(H,31,36)/t18-,19-,21+,22-,23+,25-/m0/s1. The molecule has 9 heteroatoms. The van der Waals surface area contributed by atoms with Crippen molar-refractivity contribution in [3.8, 4) is 5.75 Å². The second-order valence-corrected chi connectivity index (χ2v) is 13.1. The molecule has 4 aliphatic rings. The number of piperidine rings is 1. The Kier molecular flexibility index (Phi) is 7.33. The fourth-order valence-corrected chi connectivity index (χ4v) is 6.75. The summed E-state index contributed by atoms with van der Waals surface area (Å²) in [5, 5.41) is 2.62. The predicted molar refractivity (Wildman–Crippen MR) is 145 cm³/mol. The largest absolute Gasteiger partial charge is 0.487 e. The highest BCUT2D eigenvalue weighted by Crippen LogP contribution is 2.52. The molecule has 214 valence electrons. The first-order valence-corrected chi connectivity index (χ1v) is 14.4. The molecule has 0 bridgehead atoms. The van der Waals surface area contributed by atoms with E-state index < -0.39 is 23.8 Å². The molecule has 4 heterocycles. The first kappa shape index (κ1) is 27.7. The van der Waals surface area contributed by atoms with Crippen molar-refractivity contribution in [1.82, 2.24) is 15.1 Å². The minimum atomic E-state index is -0.779. The lowest BCUT2D eigenvalue weighted by Crippen LogP contribution is -2.58. The van der Waals surface area contributed by atoms with Crippen LogP contribution in [0.15, 0.2) is 24.3 Å². The Morgan fingerprint density at radius 2 is 1.87 bits per heavy atom. The van der Waals surface area contributed by atoms with Crippen LogP contribution in [0.5, 0.6) is 5.75 Å². The van der Waals surface area contributed by atoms with Crippen LogP contribution in [-0.2, 0) is 19.1 Å². The number of ether oxygens (including phenoxy) is 3. The van der Waals surface area contributed by atoms with Crippen molar-refractivity contribution in [3.63, 3.8) is 0 Å². The van der Waals surface area contributed by atoms with Gasteiger partial charge in [0.1, 0.15) is 29.0 Å². The first-order valence-electron chi connectivity index (χ1n) is 14.4. The number of nitrogens with one attached hydrogen (secondary N) is 1. The SMILES string of the molecule is C[C@H](NC(=O)OC(C)(C)C)C(=O)N1CCC[C@H]1C(=O)N1CC[C@H]2O[C@H]3c4ccccc4OC(C)(C)[C@@H]3C[C@H]2C1. The monoisotopic (exact) mass is 541 g/mol. The Balaban J connectivity index is 1.23. The van der Waals surface area contributed by atoms with E-state index in [1.54, 1.807) is 32.6 Å². The number of carbonyl (C=O) groups is 3. The van der Waals surface area contributed by atoms with Gasteiger partial charge >= 0.3 is 6.09 Å². The number of likely N-dealkylation sites (tertiary alicyclic amines) is 2. The maximum Gasteiger partial charge on any atom is 0.408 e. The second kappa shape index (κ2) is 10.3. The highest BCUT2D eigenvalue weighted by Gasteiger charge is 2.52. The van der Waals surface area contributed by atoms with Crippen LogP contribution in [0.3, 0.4) is 0 Å². The average molecular weight is 542 g/mol. The zero-order valence-corrected chi connectivity index (χ0v) is 24.1. The van der Waals surface area contributed by atoms with Crippen molar-refractivity contribution in [3.05, 3.63) is 29.8 Å². The van der Waals surface area contributed by atoms with Crippen LogP contribution in [-0.4, -0.2) is 76.7 Å². The number of benzene rings is 1. The number of para-hydroxylation sites is 1. The number of hydrogen-bond donors (Lipinski definition) is 1. The van der Waals surface area contributed by atoms with Gasteiger partial charge in [0.2, 0.25) is 11.8 Å². The highest BCUT2D eigenvalue weighted by atomic mass is 16.6. The van der Waals surface area contributed by atoms with Crippen LogP contribution in [0.1, 0.15) is 78.9 Å². The molecule has 0 saturated carbocycles. The lowest BCUT2D eigenvalue weighted by molar-refractivity contribution is -0.189. The summed E-state index contributed by atoms with van der Waals surface area (Å²) in [6, 6.07) is 6.87. The molecule has 5 rings (SSSR count). The molecule has 1 N–H and O–H groups in total. The average Bonchev–Trinajstić information content (AvgIpc) is 3.35. The summed E-state index contributed by atoms with van der Waals surface area (Å²) in [5.74, 6) is 1.05. The van der Waals surface area contributed by atoms with Crippen molar-refractivity contribution < 1.29 is 28.6 Å². The molecule has 0 spiro atoms. The maximum atomic E-state index is 13.8. The Labute approximate surface area is 231 Å². The molecule has 3 amide bonds. The normalized spacial score (nSPS) is 30.3. The fraction of sp³-hybridized carbons (Fsp3) is 0.700. The first-order chi connectivity index (χ1) is 18.3. The molecular formula is C30H43N3O6. The van der Waals surface area contributed by atoms with Gasteiger partial charge in [-0.2, -0.15) is 0 Å². The molecule has 1 aromatic carbocycles. The van der Waals surface area contributed by atoms with Gasteiger partial charge in [-0.15, -0.1) is 0 Å². The van der Waals surface area contributed by atoms with E-state index in [-0.39, 0.29) is 41.5 Å². The molecule has 0 aromatic heterocycles. The summed E-state index contributed by atoms with van der Waals surface area (Å²) in [7, 11) is 0. The summed E-state index contributed by atoms with van der Waals surface area (Å²) in [5.41, 5.74) is 0.0893. The van der Waals surface area contributed by atoms with Gasteiger partial charge in [-0.3, -0.25) is 9.59 Å². The van der Waals surface area contributed by atoms with Crippen LogP contribution in [0.4, 0.5) is 4.79 Å². The van der Waals surface area contributed by atoms with E-state index in [4.69, 9.17) is 14.2 Å². The second-order valence-electron chi connectivity index (χ2n) is 13.1. The van der Waals surface area contributed by atoms with Crippen molar-refractivity contribution in [2.24, 2.45) is 11.8 Å². The molecule has 9 nitrogen and oxygen atoms in total. The van der Waals surface area contributed by atoms with Crippen molar-refractivity contribution in [1.29, 1.82) is 0 Å². The van der Waals surface area contributed by atoms with E-state index in [9.17, 15) is 14.4 Å². The summed E-state index contributed by atoms with van der Waals surface area (Å²) in [6.45, 7) is 13.0. The lowest BCUT2D eigenvalue weighted by atomic mass is 9.70. The van der Waals surface area contributed by atoms with E-state index >= 15 is 0 Å². The van der Waals surface area contributed by atoms with Gasteiger partial charge in [0, 0.05) is 37.0 Å². The Bertz CT molecular complexity index is 1110. The van der Waals surface area contributed by atoms with Crippen LogP contribution in [0.2, 0.25) is 0 Å². The highest BCUT2D eigenvalue weighted by molar-refractivity contribution is 5.91. The number of hydrogen-bond acceptors (Lipinski definition) is 6. The molecule has 3 fully saturated rings. The van der Waals surface area contributed by atoms with Crippen molar-refractivity contribution >= 4 is 17.9 Å². The molecule has 4 aliphatic heterocycles. The number of carbonyl (C=O) groups excluding carboxylic acids is 3. The van der Waals surface area contributed by atoms with Gasteiger partial charge in [-0.1, -0.05) is 18.2 Å². The fourth-order valence-electron chi connectivity index (χ4n) is 6.75. The minimum Gasteiger partial charge on any atom is -0.487 e. The van der Waals surface area contributed by atoms with Gasteiger partial charge in [-0.25, -0.2) is 4.79 Å². The summed E-state index contributed by atoms with van der Waals surface area (Å²) < 4.78 is 18.4. The van der Waals surface area contributed by atoms with Crippen molar-refractivity contribution in [2.75, 3.05) is 19.6 Å². The van der Waals surface area contributed by atoms with Gasteiger partial charge in [0.25, 0.3) is 0 Å². The zero-order valence-electron chi connectivity index (χ0n) is 24.1.